The minimum atomic E-state index is -0.174. The molecule has 4 aromatic rings. The molecule has 5 heteroatoms. The van der Waals surface area contributed by atoms with Crippen molar-refractivity contribution in [2.75, 3.05) is 18.5 Å². The number of anilines is 1. The van der Waals surface area contributed by atoms with E-state index in [0.29, 0.717) is 13.2 Å². The second-order valence-electron chi connectivity index (χ2n) is 8.62. The molecule has 1 amide bonds. The van der Waals surface area contributed by atoms with Gasteiger partial charge < -0.3 is 19.2 Å². The number of hydrogen-bond acceptors (Lipinski definition) is 4. The Morgan fingerprint density at radius 2 is 1.72 bits per heavy atom. The summed E-state index contributed by atoms with van der Waals surface area (Å²) in [4.78, 5) is 12.9. The number of amides is 1. The molecule has 0 saturated heterocycles. The first-order valence-electron chi connectivity index (χ1n) is 12.4. The molecule has 0 aliphatic heterocycles. The van der Waals surface area contributed by atoms with Crippen molar-refractivity contribution in [2.45, 2.75) is 41.0 Å². The van der Waals surface area contributed by atoms with Crippen molar-refractivity contribution in [1.82, 2.24) is 0 Å². The van der Waals surface area contributed by atoms with Crippen molar-refractivity contribution in [2.24, 2.45) is 0 Å². The van der Waals surface area contributed by atoms with Gasteiger partial charge in [0, 0.05) is 33.8 Å². The smallest absolute Gasteiger partial charge is 0.248 e. The first-order valence-corrected chi connectivity index (χ1v) is 12.4. The lowest BCUT2D eigenvalue weighted by Crippen LogP contribution is -2.10. The van der Waals surface area contributed by atoms with E-state index in [2.05, 4.69) is 18.3 Å². The predicted molar refractivity (Wildman–Crippen MR) is 147 cm³/mol. The maximum Gasteiger partial charge on any atom is 0.248 e. The van der Waals surface area contributed by atoms with Crippen molar-refractivity contribution < 1.29 is 18.7 Å². The Labute approximate surface area is 212 Å². The average molecular weight is 484 g/mol. The summed E-state index contributed by atoms with van der Waals surface area (Å²) in [6, 6.07) is 17.9. The van der Waals surface area contributed by atoms with E-state index in [-0.39, 0.29) is 5.91 Å². The molecule has 0 spiro atoms. The quantitative estimate of drug-likeness (QED) is 0.247. The fourth-order valence-electron chi connectivity index (χ4n) is 4.45. The highest BCUT2D eigenvalue weighted by molar-refractivity contribution is 6.06. The van der Waals surface area contributed by atoms with Gasteiger partial charge in [0.2, 0.25) is 5.91 Å². The van der Waals surface area contributed by atoms with Crippen LogP contribution < -0.4 is 14.8 Å². The summed E-state index contributed by atoms with van der Waals surface area (Å²) in [6.45, 7) is 11.1. The fourth-order valence-corrected chi connectivity index (χ4v) is 4.45. The first-order chi connectivity index (χ1) is 17.5. The fraction of sp³-hybridized carbons (Fsp3) is 0.258. The minimum Gasteiger partial charge on any atom is -0.494 e. The molecular weight excluding hydrogens is 450 g/mol. The van der Waals surface area contributed by atoms with Gasteiger partial charge in [-0.1, -0.05) is 37.3 Å². The summed E-state index contributed by atoms with van der Waals surface area (Å²) in [5, 5.41) is 4.00. The van der Waals surface area contributed by atoms with E-state index in [1.165, 1.54) is 0 Å². The predicted octanol–water partition coefficient (Wildman–Crippen LogP) is 7.81. The van der Waals surface area contributed by atoms with Crippen LogP contribution in [0.3, 0.4) is 0 Å². The topological polar surface area (TPSA) is 60.7 Å². The van der Waals surface area contributed by atoms with Crippen LogP contribution >= 0.6 is 0 Å². The van der Waals surface area contributed by atoms with E-state index in [0.717, 1.165) is 68.0 Å². The molecular formula is C31H33NO4. The summed E-state index contributed by atoms with van der Waals surface area (Å²) < 4.78 is 17.6. The zero-order valence-corrected chi connectivity index (χ0v) is 21.6. The SMILES string of the molecule is CCOc1ccc(-c2coc3c(C)c(OCC)c(/C(C)=C/C(=O)Nc4ccccc4CC)cc23)cc1. The number of nitrogens with one attached hydrogen (secondary N) is 1. The number of benzene rings is 3. The van der Waals surface area contributed by atoms with Crippen molar-refractivity contribution in [3.63, 3.8) is 0 Å². The van der Waals surface area contributed by atoms with E-state index in [1.54, 1.807) is 12.3 Å². The molecule has 3 aromatic carbocycles. The number of ether oxygens (including phenoxy) is 2. The number of allylic oxidation sites excluding steroid dienone is 1. The van der Waals surface area contributed by atoms with Gasteiger partial charge in [-0.3, -0.25) is 4.79 Å². The third-order valence-corrected chi connectivity index (χ3v) is 6.24. The molecule has 1 N–H and O–H groups in total. The highest BCUT2D eigenvalue weighted by Crippen LogP contribution is 2.41. The lowest BCUT2D eigenvalue weighted by Gasteiger charge is -2.15. The zero-order chi connectivity index (χ0) is 25.7. The minimum absolute atomic E-state index is 0.174. The number of carbonyl (C=O) groups is 1. The molecule has 5 nitrogen and oxygen atoms in total. The maximum atomic E-state index is 12.9. The molecule has 0 radical (unpaired) electrons. The van der Waals surface area contributed by atoms with E-state index < -0.39 is 0 Å². The molecule has 0 atom stereocenters. The van der Waals surface area contributed by atoms with Crippen LogP contribution in [-0.2, 0) is 11.2 Å². The molecule has 0 fully saturated rings. The third-order valence-electron chi connectivity index (χ3n) is 6.24. The van der Waals surface area contributed by atoms with Crippen LogP contribution in [0.1, 0.15) is 44.4 Å². The summed E-state index contributed by atoms with van der Waals surface area (Å²) >= 11 is 0. The summed E-state index contributed by atoms with van der Waals surface area (Å²) in [5.41, 5.74) is 7.31. The number of hydrogen-bond donors (Lipinski definition) is 1. The van der Waals surface area contributed by atoms with Crippen LogP contribution in [0, 0.1) is 6.92 Å². The van der Waals surface area contributed by atoms with Crippen LogP contribution in [0.15, 0.2) is 71.4 Å². The van der Waals surface area contributed by atoms with Crippen molar-refractivity contribution in [3.8, 4) is 22.6 Å². The van der Waals surface area contributed by atoms with E-state index in [9.17, 15) is 4.79 Å². The molecule has 0 aliphatic carbocycles. The number of para-hydroxylation sites is 1. The second kappa shape index (κ2) is 11.2. The molecule has 1 aromatic heterocycles. The Morgan fingerprint density at radius 1 is 1.00 bits per heavy atom. The molecule has 1 heterocycles. The van der Waals surface area contributed by atoms with E-state index >= 15 is 0 Å². The first kappa shape index (κ1) is 25.1. The van der Waals surface area contributed by atoms with Crippen LogP contribution in [0.5, 0.6) is 11.5 Å². The molecule has 0 aliphatic rings. The van der Waals surface area contributed by atoms with Crippen LogP contribution in [-0.4, -0.2) is 19.1 Å². The lowest BCUT2D eigenvalue weighted by atomic mass is 9.96. The monoisotopic (exact) mass is 483 g/mol. The number of furan rings is 1. The normalized spacial score (nSPS) is 11.5. The van der Waals surface area contributed by atoms with Crippen LogP contribution in [0.25, 0.3) is 27.7 Å². The van der Waals surface area contributed by atoms with Crippen LogP contribution in [0.2, 0.25) is 0 Å². The molecule has 36 heavy (non-hydrogen) atoms. The molecule has 0 unspecified atom stereocenters. The lowest BCUT2D eigenvalue weighted by molar-refractivity contribution is -0.111. The van der Waals surface area contributed by atoms with Gasteiger partial charge in [-0.2, -0.15) is 0 Å². The largest absolute Gasteiger partial charge is 0.494 e. The third kappa shape index (κ3) is 5.15. The van der Waals surface area contributed by atoms with Gasteiger partial charge in [-0.05, 0) is 75.1 Å². The standard InChI is InChI=1S/C31H33NO4/c1-6-22-11-9-10-12-28(22)32-29(33)17-20(4)25-18-26-27(23-13-15-24(16-14-23)34-7-2)19-36-31(26)21(5)30(25)35-8-3/h9-19H,6-8H2,1-5H3,(H,32,33)/b20-17+. The maximum absolute atomic E-state index is 12.9. The summed E-state index contributed by atoms with van der Waals surface area (Å²) in [7, 11) is 0. The van der Waals surface area contributed by atoms with Crippen molar-refractivity contribution in [3.05, 3.63) is 83.6 Å². The van der Waals surface area contributed by atoms with Gasteiger partial charge >= 0.3 is 0 Å². The van der Waals surface area contributed by atoms with Gasteiger partial charge in [0.15, 0.2) is 0 Å². The van der Waals surface area contributed by atoms with Gasteiger partial charge in [0.05, 0.1) is 19.5 Å². The van der Waals surface area contributed by atoms with Gasteiger partial charge in [0.25, 0.3) is 0 Å². The van der Waals surface area contributed by atoms with E-state index in [4.69, 9.17) is 13.9 Å². The number of carbonyl (C=O) groups excluding carboxylic acids is 1. The molecule has 0 bridgehead atoms. The summed E-state index contributed by atoms with van der Waals surface area (Å²) in [5.74, 6) is 1.39. The van der Waals surface area contributed by atoms with Gasteiger partial charge in [-0.15, -0.1) is 0 Å². The highest BCUT2D eigenvalue weighted by Gasteiger charge is 2.19. The van der Waals surface area contributed by atoms with Crippen molar-refractivity contribution >= 4 is 28.1 Å². The number of rotatable bonds is 9. The van der Waals surface area contributed by atoms with Gasteiger partial charge in [0.1, 0.15) is 17.1 Å². The van der Waals surface area contributed by atoms with E-state index in [1.807, 2.05) is 76.2 Å². The van der Waals surface area contributed by atoms with Gasteiger partial charge in [-0.25, -0.2) is 0 Å². The molecule has 0 saturated carbocycles. The second-order valence-corrected chi connectivity index (χ2v) is 8.62. The Hall–Kier alpha value is -3.99. The zero-order valence-electron chi connectivity index (χ0n) is 21.6. The number of aryl methyl sites for hydroxylation is 2. The average Bonchev–Trinajstić information content (AvgIpc) is 3.31. The molecule has 4 rings (SSSR count). The Balaban J connectivity index is 1.75. The number of fused-ring (bicyclic) bond motifs is 1. The summed E-state index contributed by atoms with van der Waals surface area (Å²) in [6.07, 6.45) is 4.25. The Bertz CT molecular complexity index is 1400. The van der Waals surface area contributed by atoms with Crippen LogP contribution in [0.4, 0.5) is 5.69 Å². The molecule has 186 valence electrons. The Morgan fingerprint density at radius 3 is 2.42 bits per heavy atom. The van der Waals surface area contributed by atoms with Crippen molar-refractivity contribution in [1.29, 1.82) is 0 Å². The Kier molecular flexibility index (Phi) is 7.79. The highest BCUT2D eigenvalue weighted by atomic mass is 16.5.